The van der Waals surface area contributed by atoms with Gasteiger partial charge >= 0.3 is 5.97 Å². The Bertz CT molecular complexity index is 441. The van der Waals surface area contributed by atoms with Gasteiger partial charge < -0.3 is 15.6 Å². The third kappa shape index (κ3) is 4.56. The number of nitrogens with two attached hydrogens (primary N) is 1. The van der Waals surface area contributed by atoms with Crippen LogP contribution in [-0.4, -0.2) is 23.2 Å². The summed E-state index contributed by atoms with van der Waals surface area (Å²) in [5.41, 5.74) is 6.87. The second-order valence-electron chi connectivity index (χ2n) is 5.23. The minimum atomic E-state index is -1.14. The fraction of sp³-hybridized carbons (Fsp3) is 0.533. The van der Waals surface area contributed by atoms with E-state index in [-0.39, 0.29) is 0 Å². The predicted molar refractivity (Wildman–Crippen MR) is 75.5 cm³/mol. The lowest BCUT2D eigenvalue weighted by Gasteiger charge is -2.18. The molecule has 0 amide bonds. The Morgan fingerprint density at radius 3 is 2.68 bits per heavy atom. The number of aryl methyl sites for hydroxylation is 1. The van der Waals surface area contributed by atoms with Gasteiger partial charge in [-0.3, -0.25) is 4.79 Å². The van der Waals surface area contributed by atoms with E-state index in [1.54, 1.807) is 6.92 Å². The molecule has 0 saturated heterocycles. The minimum absolute atomic E-state index is 0.457. The zero-order chi connectivity index (χ0) is 14.5. The summed E-state index contributed by atoms with van der Waals surface area (Å²) in [4.78, 5) is 10.8. The van der Waals surface area contributed by atoms with Gasteiger partial charge in [0, 0.05) is 0 Å². The summed E-state index contributed by atoms with van der Waals surface area (Å²) in [5.74, 6) is -0.0586. The molecule has 0 radical (unpaired) electrons. The molecule has 4 nitrogen and oxygen atoms in total. The van der Waals surface area contributed by atoms with E-state index in [0.29, 0.717) is 13.0 Å². The highest BCUT2D eigenvalue weighted by Crippen LogP contribution is 2.21. The lowest BCUT2D eigenvalue weighted by atomic mass is 9.97. The number of benzene rings is 1. The topological polar surface area (TPSA) is 72.5 Å². The highest BCUT2D eigenvalue weighted by atomic mass is 16.5. The van der Waals surface area contributed by atoms with Crippen LogP contribution in [0, 0.1) is 13.8 Å². The Balaban J connectivity index is 2.32. The molecule has 1 aromatic rings. The quantitative estimate of drug-likeness (QED) is 0.743. The lowest BCUT2D eigenvalue weighted by molar-refractivity contribution is -0.142. The van der Waals surface area contributed by atoms with E-state index in [2.05, 4.69) is 13.0 Å². The van der Waals surface area contributed by atoms with E-state index < -0.39 is 11.5 Å². The molecule has 1 atom stereocenters. The number of carboxylic acid groups (broad SMARTS) is 1. The molecule has 106 valence electrons. The zero-order valence-electron chi connectivity index (χ0n) is 11.9. The lowest BCUT2D eigenvalue weighted by Crippen LogP contribution is -2.44. The summed E-state index contributed by atoms with van der Waals surface area (Å²) >= 11 is 0. The molecule has 19 heavy (non-hydrogen) atoms. The van der Waals surface area contributed by atoms with Crippen LogP contribution in [0.15, 0.2) is 18.2 Å². The second-order valence-corrected chi connectivity index (χ2v) is 5.23. The molecule has 0 bridgehead atoms. The molecule has 0 aromatic heterocycles. The number of rotatable bonds is 7. The normalized spacial score (nSPS) is 13.9. The van der Waals surface area contributed by atoms with Crippen LogP contribution in [0.1, 0.15) is 37.3 Å². The molecule has 0 heterocycles. The van der Waals surface area contributed by atoms with Crippen LogP contribution in [0.4, 0.5) is 0 Å². The van der Waals surface area contributed by atoms with E-state index in [4.69, 9.17) is 15.6 Å². The summed E-state index contributed by atoms with van der Waals surface area (Å²) in [5, 5.41) is 8.89. The molecule has 0 fully saturated rings. The van der Waals surface area contributed by atoms with Gasteiger partial charge in [0.25, 0.3) is 0 Å². The van der Waals surface area contributed by atoms with Crippen molar-refractivity contribution in [1.82, 2.24) is 0 Å². The molecule has 1 rings (SSSR count). The number of unbranched alkanes of at least 4 members (excludes halogenated alkanes) is 1. The van der Waals surface area contributed by atoms with Crippen LogP contribution in [0.3, 0.4) is 0 Å². The summed E-state index contributed by atoms with van der Waals surface area (Å²) < 4.78 is 5.70. The Morgan fingerprint density at radius 1 is 1.37 bits per heavy atom. The average Bonchev–Trinajstić information content (AvgIpc) is 2.33. The molecule has 0 spiro atoms. The molecular weight excluding hydrogens is 242 g/mol. The van der Waals surface area contributed by atoms with Gasteiger partial charge in [-0.1, -0.05) is 12.1 Å². The SMILES string of the molecule is Cc1cccc(OCCCCC(C)(N)C(=O)O)c1C. The van der Waals surface area contributed by atoms with Crippen molar-refractivity contribution in [3.8, 4) is 5.75 Å². The van der Waals surface area contributed by atoms with Gasteiger partial charge in [-0.25, -0.2) is 0 Å². The van der Waals surface area contributed by atoms with Gasteiger partial charge in [0.15, 0.2) is 0 Å². The molecule has 0 aliphatic carbocycles. The van der Waals surface area contributed by atoms with Gasteiger partial charge in [-0.05, 0) is 57.2 Å². The smallest absolute Gasteiger partial charge is 0.323 e. The van der Waals surface area contributed by atoms with E-state index >= 15 is 0 Å². The molecule has 4 heteroatoms. The highest BCUT2D eigenvalue weighted by molar-refractivity contribution is 5.77. The summed E-state index contributed by atoms with van der Waals surface area (Å²) in [6.07, 6.45) is 2.00. The average molecular weight is 265 g/mol. The van der Waals surface area contributed by atoms with Crippen LogP contribution in [0.5, 0.6) is 5.75 Å². The highest BCUT2D eigenvalue weighted by Gasteiger charge is 2.26. The fourth-order valence-electron chi connectivity index (χ4n) is 1.76. The second kappa shape index (κ2) is 6.57. The maximum Gasteiger partial charge on any atom is 0.323 e. The van der Waals surface area contributed by atoms with Crippen LogP contribution in [0.25, 0.3) is 0 Å². The summed E-state index contributed by atoms with van der Waals surface area (Å²) in [6.45, 7) is 6.21. The molecular formula is C15H23NO3. The van der Waals surface area contributed by atoms with Gasteiger partial charge in [0.05, 0.1) is 6.61 Å². The first-order valence-corrected chi connectivity index (χ1v) is 6.56. The van der Waals surface area contributed by atoms with Crippen molar-refractivity contribution in [2.24, 2.45) is 5.73 Å². The number of hydrogen-bond acceptors (Lipinski definition) is 3. The molecule has 0 aliphatic heterocycles. The molecule has 0 aliphatic rings. The van der Waals surface area contributed by atoms with Crippen molar-refractivity contribution in [3.05, 3.63) is 29.3 Å². The molecule has 3 N–H and O–H groups in total. The van der Waals surface area contributed by atoms with Crippen LogP contribution < -0.4 is 10.5 Å². The van der Waals surface area contributed by atoms with Gasteiger partial charge in [0.1, 0.15) is 11.3 Å². The maximum atomic E-state index is 10.8. The van der Waals surface area contributed by atoms with Crippen LogP contribution in [-0.2, 0) is 4.79 Å². The van der Waals surface area contributed by atoms with E-state index in [1.807, 2.05) is 19.1 Å². The Kier molecular flexibility index (Phi) is 5.36. The standard InChI is InChI=1S/C15H23NO3/c1-11-7-6-8-13(12(11)2)19-10-5-4-9-15(3,16)14(17)18/h6-8H,4-5,9-10,16H2,1-3H3,(H,17,18). The van der Waals surface area contributed by atoms with Gasteiger partial charge in [-0.15, -0.1) is 0 Å². The first-order valence-electron chi connectivity index (χ1n) is 6.56. The third-order valence-electron chi connectivity index (χ3n) is 3.39. The monoisotopic (exact) mass is 265 g/mol. The first-order chi connectivity index (χ1) is 8.84. The maximum absolute atomic E-state index is 10.8. The predicted octanol–water partition coefficient (Wildman–Crippen LogP) is 2.65. The Labute approximate surface area is 114 Å². The molecule has 0 saturated carbocycles. The van der Waals surface area contributed by atoms with Crippen molar-refractivity contribution in [2.75, 3.05) is 6.61 Å². The minimum Gasteiger partial charge on any atom is -0.493 e. The summed E-state index contributed by atoms with van der Waals surface area (Å²) in [7, 11) is 0. The number of hydrogen-bond donors (Lipinski definition) is 2. The number of ether oxygens (including phenoxy) is 1. The Hall–Kier alpha value is -1.55. The van der Waals surface area contributed by atoms with Gasteiger partial charge in [0.2, 0.25) is 0 Å². The molecule has 1 aromatic carbocycles. The first kappa shape index (κ1) is 15.5. The van der Waals surface area contributed by atoms with E-state index in [0.717, 1.165) is 24.2 Å². The molecule has 1 unspecified atom stereocenters. The Morgan fingerprint density at radius 2 is 2.05 bits per heavy atom. The van der Waals surface area contributed by atoms with E-state index in [9.17, 15) is 4.79 Å². The van der Waals surface area contributed by atoms with Crippen molar-refractivity contribution in [3.63, 3.8) is 0 Å². The number of carbonyl (C=O) groups is 1. The van der Waals surface area contributed by atoms with Crippen LogP contribution >= 0.6 is 0 Å². The van der Waals surface area contributed by atoms with E-state index in [1.165, 1.54) is 5.56 Å². The number of carboxylic acids is 1. The fourth-order valence-corrected chi connectivity index (χ4v) is 1.76. The van der Waals surface area contributed by atoms with Crippen molar-refractivity contribution >= 4 is 5.97 Å². The van der Waals surface area contributed by atoms with Crippen molar-refractivity contribution in [2.45, 2.75) is 45.6 Å². The van der Waals surface area contributed by atoms with Gasteiger partial charge in [-0.2, -0.15) is 0 Å². The van der Waals surface area contributed by atoms with Crippen molar-refractivity contribution in [1.29, 1.82) is 0 Å². The number of aliphatic carboxylic acids is 1. The summed E-state index contributed by atoms with van der Waals surface area (Å²) in [6, 6.07) is 5.97. The largest absolute Gasteiger partial charge is 0.493 e. The third-order valence-corrected chi connectivity index (χ3v) is 3.39. The van der Waals surface area contributed by atoms with Crippen LogP contribution in [0.2, 0.25) is 0 Å². The zero-order valence-corrected chi connectivity index (χ0v) is 11.9. The van der Waals surface area contributed by atoms with Crippen molar-refractivity contribution < 1.29 is 14.6 Å².